The Morgan fingerprint density at radius 1 is 1.50 bits per heavy atom. The normalized spacial score (nSPS) is 17.5. The number of thiazole rings is 1. The molecular weight excluding hydrogens is 222 g/mol. The van der Waals surface area contributed by atoms with Crippen LogP contribution in [0.15, 0.2) is 0 Å². The Labute approximate surface area is 90.7 Å². The molecule has 1 aliphatic carbocycles. The average molecular weight is 232 g/mol. The zero-order valence-corrected chi connectivity index (χ0v) is 9.07. The molecule has 1 N–H and O–H groups in total. The van der Waals surface area contributed by atoms with Crippen LogP contribution in [0.2, 0.25) is 4.34 Å². The summed E-state index contributed by atoms with van der Waals surface area (Å²) in [5, 5.41) is 9.67. The number of aromatic carboxylic acids is 1. The molecule has 1 aromatic rings. The third-order valence-electron chi connectivity index (χ3n) is 2.51. The molecule has 0 unspecified atom stereocenters. The number of hydrogen-bond acceptors (Lipinski definition) is 3. The predicted octanol–water partition coefficient (Wildman–Crippen LogP) is 3.15. The third kappa shape index (κ3) is 1.77. The lowest BCUT2D eigenvalue weighted by molar-refractivity contribution is 0.0691. The van der Waals surface area contributed by atoms with Gasteiger partial charge in [-0.15, -0.1) is 11.3 Å². The molecule has 1 saturated carbocycles. The van der Waals surface area contributed by atoms with E-state index in [2.05, 4.69) is 4.98 Å². The summed E-state index contributed by atoms with van der Waals surface area (Å²) in [6, 6.07) is 0. The molecule has 0 bridgehead atoms. The van der Waals surface area contributed by atoms with Crippen LogP contribution < -0.4 is 0 Å². The van der Waals surface area contributed by atoms with Gasteiger partial charge in [-0.3, -0.25) is 0 Å². The number of carboxylic acids is 1. The van der Waals surface area contributed by atoms with E-state index in [9.17, 15) is 4.79 Å². The summed E-state index contributed by atoms with van der Waals surface area (Å²) < 4.78 is 0.305. The second kappa shape index (κ2) is 3.87. The molecule has 0 radical (unpaired) electrons. The second-order valence-corrected chi connectivity index (χ2v) is 5.09. The Bertz CT molecular complexity index is 358. The van der Waals surface area contributed by atoms with E-state index in [1.807, 2.05) is 0 Å². The van der Waals surface area contributed by atoms with Crippen LogP contribution >= 0.6 is 22.9 Å². The maximum absolute atomic E-state index is 10.7. The number of carboxylic acid groups (broad SMARTS) is 1. The standard InChI is InChI=1S/C9H10ClNO2S/c10-7-6(9(12)13)11-8(14-7)5-3-1-2-4-5/h5H,1-4H2,(H,12,13). The third-order valence-corrected chi connectivity index (χ3v) is 3.93. The van der Waals surface area contributed by atoms with Gasteiger partial charge in [0.05, 0.1) is 5.01 Å². The fourth-order valence-electron chi connectivity index (χ4n) is 1.80. The van der Waals surface area contributed by atoms with Crippen LogP contribution in [0.5, 0.6) is 0 Å². The molecule has 0 saturated heterocycles. The fraction of sp³-hybridized carbons (Fsp3) is 0.556. The van der Waals surface area contributed by atoms with Crippen LogP contribution in [-0.2, 0) is 0 Å². The van der Waals surface area contributed by atoms with E-state index in [1.165, 1.54) is 24.2 Å². The molecule has 0 aromatic carbocycles. The van der Waals surface area contributed by atoms with Crippen LogP contribution in [0.3, 0.4) is 0 Å². The summed E-state index contributed by atoms with van der Waals surface area (Å²) in [6.07, 6.45) is 4.65. The molecule has 0 amide bonds. The highest BCUT2D eigenvalue weighted by molar-refractivity contribution is 7.16. The number of rotatable bonds is 2. The Hall–Kier alpha value is -0.610. The van der Waals surface area contributed by atoms with Crippen LogP contribution in [0.25, 0.3) is 0 Å². The largest absolute Gasteiger partial charge is 0.476 e. The molecule has 0 atom stereocenters. The molecule has 76 valence electrons. The number of halogens is 1. The molecule has 0 spiro atoms. The van der Waals surface area contributed by atoms with Crippen molar-refractivity contribution in [2.24, 2.45) is 0 Å². The highest BCUT2D eigenvalue weighted by Crippen LogP contribution is 2.38. The van der Waals surface area contributed by atoms with Gasteiger partial charge >= 0.3 is 5.97 Å². The fourth-order valence-corrected chi connectivity index (χ4v) is 3.11. The summed E-state index contributed by atoms with van der Waals surface area (Å²) in [5.41, 5.74) is 0.0126. The summed E-state index contributed by atoms with van der Waals surface area (Å²) in [6.45, 7) is 0. The molecule has 1 fully saturated rings. The van der Waals surface area contributed by atoms with Gasteiger partial charge in [0.25, 0.3) is 0 Å². The molecular formula is C9H10ClNO2S. The van der Waals surface area contributed by atoms with Gasteiger partial charge in [-0.2, -0.15) is 0 Å². The van der Waals surface area contributed by atoms with Gasteiger partial charge in [0, 0.05) is 5.92 Å². The average Bonchev–Trinajstić information content (AvgIpc) is 2.70. The summed E-state index contributed by atoms with van der Waals surface area (Å²) in [4.78, 5) is 14.8. The molecule has 1 aliphatic rings. The lowest BCUT2D eigenvalue weighted by Crippen LogP contribution is -1.99. The minimum Gasteiger partial charge on any atom is -0.476 e. The van der Waals surface area contributed by atoms with Crippen LogP contribution in [-0.4, -0.2) is 16.1 Å². The first-order chi connectivity index (χ1) is 6.68. The van der Waals surface area contributed by atoms with Gasteiger partial charge in [-0.1, -0.05) is 24.4 Å². The van der Waals surface area contributed by atoms with E-state index in [0.29, 0.717) is 10.3 Å². The van der Waals surface area contributed by atoms with Crippen molar-refractivity contribution in [1.82, 2.24) is 4.98 Å². The van der Waals surface area contributed by atoms with E-state index in [1.54, 1.807) is 0 Å². The number of aromatic nitrogens is 1. The topological polar surface area (TPSA) is 50.2 Å². The number of carbonyl (C=O) groups is 1. The highest BCUT2D eigenvalue weighted by atomic mass is 35.5. The van der Waals surface area contributed by atoms with Gasteiger partial charge in [-0.05, 0) is 12.8 Å². The SMILES string of the molecule is O=C(O)c1nc(C2CCCC2)sc1Cl. The minimum atomic E-state index is -1.03. The zero-order valence-electron chi connectivity index (χ0n) is 7.49. The van der Waals surface area contributed by atoms with Crippen molar-refractivity contribution in [3.05, 3.63) is 15.0 Å². The maximum Gasteiger partial charge on any atom is 0.356 e. The summed E-state index contributed by atoms with van der Waals surface area (Å²) in [7, 11) is 0. The van der Waals surface area contributed by atoms with Crippen molar-refractivity contribution in [3.8, 4) is 0 Å². The van der Waals surface area contributed by atoms with Gasteiger partial charge < -0.3 is 5.11 Å². The monoisotopic (exact) mass is 231 g/mol. The van der Waals surface area contributed by atoms with E-state index < -0.39 is 5.97 Å². The van der Waals surface area contributed by atoms with Crippen molar-refractivity contribution < 1.29 is 9.90 Å². The predicted molar refractivity (Wildman–Crippen MR) is 55.3 cm³/mol. The van der Waals surface area contributed by atoms with E-state index in [4.69, 9.17) is 16.7 Å². The first-order valence-electron chi connectivity index (χ1n) is 4.58. The van der Waals surface area contributed by atoms with Gasteiger partial charge in [0.2, 0.25) is 0 Å². The molecule has 2 rings (SSSR count). The quantitative estimate of drug-likeness (QED) is 0.851. The Morgan fingerprint density at radius 3 is 2.64 bits per heavy atom. The summed E-state index contributed by atoms with van der Waals surface area (Å²) in [5.74, 6) is -0.596. The lowest BCUT2D eigenvalue weighted by Gasteiger charge is -2.01. The molecule has 14 heavy (non-hydrogen) atoms. The molecule has 1 heterocycles. The molecule has 3 nitrogen and oxygen atoms in total. The van der Waals surface area contributed by atoms with Crippen LogP contribution in [0.4, 0.5) is 0 Å². The van der Waals surface area contributed by atoms with E-state index >= 15 is 0 Å². The second-order valence-electron chi connectivity index (χ2n) is 3.46. The van der Waals surface area contributed by atoms with Crippen molar-refractivity contribution >= 4 is 28.9 Å². The van der Waals surface area contributed by atoms with Gasteiger partial charge in [0.1, 0.15) is 4.34 Å². The Kier molecular flexibility index (Phi) is 2.74. The first-order valence-corrected chi connectivity index (χ1v) is 5.77. The van der Waals surface area contributed by atoms with Crippen molar-refractivity contribution in [3.63, 3.8) is 0 Å². The van der Waals surface area contributed by atoms with E-state index in [0.717, 1.165) is 17.8 Å². The smallest absolute Gasteiger partial charge is 0.356 e. The van der Waals surface area contributed by atoms with Gasteiger partial charge in [-0.25, -0.2) is 9.78 Å². The Balaban J connectivity index is 2.27. The van der Waals surface area contributed by atoms with Crippen molar-refractivity contribution in [2.75, 3.05) is 0 Å². The highest BCUT2D eigenvalue weighted by Gasteiger charge is 2.24. The minimum absolute atomic E-state index is 0.0126. The number of nitrogens with zero attached hydrogens (tertiary/aromatic N) is 1. The Morgan fingerprint density at radius 2 is 2.14 bits per heavy atom. The van der Waals surface area contributed by atoms with E-state index in [-0.39, 0.29) is 5.69 Å². The lowest BCUT2D eigenvalue weighted by atomic mass is 10.1. The maximum atomic E-state index is 10.7. The van der Waals surface area contributed by atoms with Crippen LogP contribution in [0.1, 0.15) is 47.1 Å². The first kappa shape index (κ1) is 9.93. The van der Waals surface area contributed by atoms with Crippen LogP contribution in [0, 0.1) is 0 Å². The summed E-state index contributed by atoms with van der Waals surface area (Å²) >= 11 is 7.11. The molecule has 5 heteroatoms. The van der Waals surface area contributed by atoms with Crippen molar-refractivity contribution in [1.29, 1.82) is 0 Å². The van der Waals surface area contributed by atoms with Gasteiger partial charge in [0.15, 0.2) is 5.69 Å². The zero-order chi connectivity index (χ0) is 10.1. The molecule has 0 aliphatic heterocycles. The molecule has 1 aromatic heterocycles. The number of hydrogen-bond donors (Lipinski definition) is 1. The van der Waals surface area contributed by atoms with Crippen molar-refractivity contribution in [2.45, 2.75) is 31.6 Å².